The molecule has 0 N–H and O–H groups in total. The lowest BCUT2D eigenvalue weighted by molar-refractivity contribution is 0.414. The number of benzene rings is 2. The minimum absolute atomic E-state index is 0.702. The highest BCUT2D eigenvalue weighted by molar-refractivity contribution is 5.68. The summed E-state index contributed by atoms with van der Waals surface area (Å²) in [6.45, 7) is 6.70. The molecule has 0 aliphatic carbocycles. The van der Waals surface area contributed by atoms with Crippen LogP contribution in [0.4, 0.5) is 0 Å². The van der Waals surface area contributed by atoms with E-state index in [1.165, 1.54) is 22.3 Å². The van der Waals surface area contributed by atoms with Gasteiger partial charge < -0.3 is 4.74 Å². The summed E-state index contributed by atoms with van der Waals surface area (Å²) < 4.78 is 5.31. The first-order valence-corrected chi connectivity index (χ1v) is 7.40. The largest absolute Gasteiger partial charge is 0.497 e. The Bertz CT molecular complexity index is 552. The van der Waals surface area contributed by atoms with Crippen LogP contribution in [0.25, 0.3) is 11.1 Å². The summed E-state index contributed by atoms with van der Waals surface area (Å²) in [5.74, 6) is 1.63. The van der Waals surface area contributed by atoms with Crippen molar-refractivity contribution in [3.63, 3.8) is 0 Å². The molecule has 0 aliphatic rings. The maximum absolute atomic E-state index is 5.31. The van der Waals surface area contributed by atoms with Crippen molar-refractivity contribution in [2.45, 2.75) is 33.6 Å². The zero-order valence-corrected chi connectivity index (χ0v) is 12.9. The standard InChI is InChI=1S/C19H24O/c1-5-16-13-18(20-4)10-11-19(16)17-8-6-15(7-9-17)12-14(2)3/h6-11,13-14H,5,12H2,1-4H3. The molecule has 106 valence electrons. The van der Waals surface area contributed by atoms with Crippen LogP contribution in [-0.4, -0.2) is 7.11 Å². The first kappa shape index (κ1) is 14.6. The van der Waals surface area contributed by atoms with Gasteiger partial charge in [0.2, 0.25) is 0 Å². The predicted molar refractivity (Wildman–Crippen MR) is 86.4 cm³/mol. The van der Waals surface area contributed by atoms with Crippen molar-refractivity contribution in [3.8, 4) is 16.9 Å². The number of rotatable bonds is 5. The first-order chi connectivity index (χ1) is 9.63. The summed E-state index contributed by atoms with van der Waals surface area (Å²) in [4.78, 5) is 0. The molecular formula is C19H24O. The van der Waals surface area contributed by atoms with Crippen LogP contribution in [0.3, 0.4) is 0 Å². The molecule has 0 aromatic heterocycles. The van der Waals surface area contributed by atoms with Crippen LogP contribution in [0.1, 0.15) is 31.9 Å². The summed E-state index contributed by atoms with van der Waals surface area (Å²) in [5.41, 5.74) is 5.35. The molecule has 1 nitrogen and oxygen atoms in total. The van der Waals surface area contributed by atoms with E-state index >= 15 is 0 Å². The van der Waals surface area contributed by atoms with Gasteiger partial charge in [-0.05, 0) is 53.1 Å². The van der Waals surface area contributed by atoms with E-state index in [0.717, 1.165) is 18.6 Å². The average molecular weight is 268 g/mol. The Labute approximate surface area is 122 Å². The van der Waals surface area contributed by atoms with Gasteiger partial charge in [-0.2, -0.15) is 0 Å². The molecule has 0 bridgehead atoms. The van der Waals surface area contributed by atoms with E-state index in [1.54, 1.807) is 7.11 Å². The average Bonchev–Trinajstić information content (AvgIpc) is 2.47. The highest BCUT2D eigenvalue weighted by Gasteiger charge is 2.06. The van der Waals surface area contributed by atoms with Gasteiger partial charge in [-0.25, -0.2) is 0 Å². The second kappa shape index (κ2) is 6.60. The Morgan fingerprint density at radius 1 is 1.00 bits per heavy atom. The van der Waals surface area contributed by atoms with Crippen molar-refractivity contribution in [2.75, 3.05) is 7.11 Å². The topological polar surface area (TPSA) is 9.23 Å². The molecule has 2 aromatic carbocycles. The van der Waals surface area contributed by atoms with E-state index < -0.39 is 0 Å². The maximum atomic E-state index is 5.31. The van der Waals surface area contributed by atoms with E-state index in [0.29, 0.717) is 5.92 Å². The van der Waals surface area contributed by atoms with Crippen LogP contribution in [0.2, 0.25) is 0 Å². The number of hydrogen-bond donors (Lipinski definition) is 0. The van der Waals surface area contributed by atoms with Crippen LogP contribution in [-0.2, 0) is 12.8 Å². The van der Waals surface area contributed by atoms with Crippen molar-refractivity contribution in [1.29, 1.82) is 0 Å². The Morgan fingerprint density at radius 3 is 2.25 bits per heavy atom. The Kier molecular flexibility index (Phi) is 4.84. The minimum Gasteiger partial charge on any atom is -0.497 e. The zero-order valence-electron chi connectivity index (χ0n) is 12.9. The molecule has 1 heteroatoms. The van der Waals surface area contributed by atoms with E-state index in [-0.39, 0.29) is 0 Å². The molecule has 0 spiro atoms. The summed E-state index contributed by atoms with van der Waals surface area (Å²) >= 11 is 0. The van der Waals surface area contributed by atoms with E-state index in [4.69, 9.17) is 4.74 Å². The lowest BCUT2D eigenvalue weighted by Crippen LogP contribution is -1.94. The van der Waals surface area contributed by atoms with Crippen LogP contribution in [0.5, 0.6) is 5.75 Å². The SMILES string of the molecule is CCc1cc(OC)ccc1-c1ccc(CC(C)C)cc1. The second-order valence-corrected chi connectivity index (χ2v) is 5.67. The number of ether oxygens (including phenoxy) is 1. The number of methoxy groups -OCH3 is 1. The lowest BCUT2D eigenvalue weighted by Gasteiger charge is -2.11. The first-order valence-electron chi connectivity index (χ1n) is 7.40. The van der Waals surface area contributed by atoms with Crippen LogP contribution < -0.4 is 4.74 Å². The lowest BCUT2D eigenvalue weighted by atomic mass is 9.95. The molecule has 0 amide bonds. The Morgan fingerprint density at radius 2 is 1.70 bits per heavy atom. The smallest absolute Gasteiger partial charge is 0.119 e. The van der Waals surface area contributed by atoms with E-state index in [9.17, 15) is 0 Å². The molecule has 0 aliphatic heterocycles. The fraction of sp³-hybridized carbons (Fsp3) is 0.368. The van der Waals surface area contributed by atoms with Gasteiger partial charge in [-0.15, -0.1) is 0 Å². The molecule has 0 atom stereocenters. The monoisotopic (exact) mass is 268 g/mol. The van der Waals surface area contributed by atoms with E-state index in [2.05, 4.69) is 57.2 Å². The van der Waals surface area contributed by atoms with Gasteiger partial charge >= 0.3 is 0 Å². The summed E-state index contributed by atoms with van der Waals surface area (Å²) in [5, 5.41) is 0. The molecule has 2 aromatic rings. The van der Waals surface area contributed by atoms with Crippen molar-refractivity contribution in [2.24, 2.45) is 5.92 Å². The van der Waals surface area contributed by atoms with Crippen LogP contribution in [0, 0.1) is 5.92 Å². The van der Waals surface area contributed by atoms with Gasteiger partial charge in [0.15, 0.2) is 0 Å². The third kappa shape index (κ3) is 3.41. The zero-order chi connectivity index (χ0) is 14.5. The third-order valence-corrected chi connectivity index (χ3v) is 3.60. The van der Waals surface area contributed by atoms with E-state index in [1.807, 2.05) is 6.07 Å². The molecule has 0 saturated heterocycles. The van der Waals surface area contributed by atoms with Crippen LogP contribution >= 0.6 is 0 Å². The molecule has 0 fully saturated rings. The highest BCUT2D eigenvalue weighted by Crippen LogP contribution is 2.28. The van der Waals surface area contributed by atoms with Gasteiger partial charge in [0.1, 0.15) is 5.75 Å². The summed E-state index contributed by atoms with van der Waals surface area (Å²) in [6, 6.07) is 15.3. The van der Waals surface area contributed by atoms with Gasteiger partial charge in [0.25, 0.3) is 0 Å². The Balaban J connectivity index is 2.31. The van der Waals surface area contributed by atoms with Crippen molar-refractivity contribution < 1.29 is 4.74 Å². The quantitative estimate of drug-likeness (QED) is 0.731. The summed E-state index contributed by atoms with van der Waals surface area (Å²) in [7, 11) is 1.72. The molecule has 20 heavy (non-hydrogen) atoms. The number of aryl methyl sites for hydroxylation is 1. The predicted octanol–water partition coefficient (Wildman–Crippen LogP) is 5.12. The molecule has 2 rings (SSSR count). The number of hydrogen-bond acceptors (Lipinski definition) is 1. The fourth-order valence-corrected chi connectivity index (χ4v) is 2.56. The van der Waals surface area contributed by atoms with Crippen molar-refractivity contribution in [3.05, 3.63) is 53.6 Å². The van der Waals surface area contributed by atoms with Crippen LogP contribution in [0.15, 0.2) is 42.5 Å². The van der Waals surface area contributed by atoms with Gasteiger partial charge in [-0.1, -0.05) is 51.1 Å². The van der Waals surface area contributed by atoms with Crippen molar-refractivity contribution in [1.82, 2.24) is 0 Å². The molecule has 0 radical (unpaired) electrons. The molecule has 0 saturated carbocycles. The highest BCUT2D eigenvalue weighted by atomic mass is 16.5. The van der Waals surface area contributed by atoms with Gasteiger partial charge in [-0.3, -0.25) is 0 Å². The normalized spacial score (nSPS) is 10.8. The maximum Gasteiger partial charge on any atom is 0.119 e. The minimum atomic E-state index is 0.702. The molecule has 0 heterocycles. The molecule has 0 unspecified atom stereocenters. The third-order valence-electron chi connectivity index (χ3n) is 3.60. The van der Waals surface area contributed by atoms with Gasteiger partial charge in [0, 0.05) is 0 Å². The second-order valence-electron chi connectivity index (χ2n) is 5.67. The van der Waals surface area contributed by atoms with Crippen molar-refractivity contribution >= 4 is 0 Å². The molecular weight excluding hydrogens is 244 g/mol. The Hall–Kier alpha value is -1.76. The fourth-order valence-electron chi connectivity index (χ4n) is 2.56. The van der Waals surface area contributed by atoms with Gasteiger partial charge in [0.05, 0.1) is 7.11 Å². The summed E-state index contributed by atoms with van der Waals surface area (Å²) in [6.07, 6.45) is 2.16.